The number of aryl methyl sites for hydroxylation is 1. The molecule has 1 saturated heterocycles. The van der Waals surface area contributed by atoms with Crippen molar-refractivity contribution in [3.05, 3.63) is 58.2 Å². The summed E-state index contributed by atoms with van der Waals surface area (Å²) in [5.41, 5.74) is 6.53. The fraction of sp³-hybridized carbons (Fsp3) is 0.452. The van der Waals surface area contributed by atoms with Crippen LogP contribution in [0.3, 0.4) is 0 Å². The summed E-state index contributed by atoms with van der Waals surface area (Å²) in [4.78, 5) is 30.0. The first-order valence-corrected chi connectivity index (χ1v) is 14.8. The summed E-state index contributed by atoms with van der Waals surface area (Å²) in [6.45, 7) is 8.34. The largest absolute Gasteiger partial charge is 0.495 e. The Labute approximate surface area is 253 Å². The number of hydrogen-bond acceptors (Lipinski definition) is 9. The van der Waals surface area contributed by atoms with Crippen molar-refractivity contribution >= 4 is 46.3 Å². The topological polar surface area (TPSA) is 89.1 Å². The van der Waals surface area contributed by atoms with Crippen molar-refractivity contribution in [2.75, 3.05) is 89.6 Å². The van der Waals surface area contributed by atoms with E-state index in [1.807, 2.05) is 0 Å². The van der Waals surface area contributed by atoms with E-state index in [0.717, 1.165) is 74.8 Å². The quantitative estimate of drug-likeness (QED) is 0.400. The second-order valence-electron chi connectivity index (χ2n) is 11.3. The zero-order valence-corrected chi connectivity index (χ0v) is 26.0. The van der Waals surface area contributed by atoms with Crippen molar-refractivity contribution in [1.29, 1.82) is 0 Å². The minimum Gasteiger partial charge on any atom is -0.495 e. The first kappa shape index (κ1) is 29.9. The van der Waals surface area contributed by atoms with Crippen LogP contribution in [-0.4, -0.2) is 105 Å². The predicted octanol–water partition coefficient (Wildman–Crippen LogP) is 4.17. The Morgan fingerprint density at radius 1 is 1.00 bits per heavy atom. The first-order chi connectivity index (χ1) is 20.2. The van der Waals surface area contributed by atoms with Crippen LogP contribution in [0.4, 0.5) is 28.8 Å². The van der Waals surface area contributed by atoms with Gasteiger partial charge in [-0.1, -0.05) is 11.6 Å². The molecule has 2 aliphatic heterocycles. The molecule has 224 valence electrons. The maximum Gasteiger partial charge on any atom is 0.236 e. The van der Waals surface area contributed by atoms with Crippen LogP contribution >= 0.6 is 11.6 Å². The number of hydrogen-bond donors (Lipinski definition) is 2. The van der Waals surface area contributed by atoms with Gasteiger partial charge in [-0.15, -0.1) is 0 Å². The molecule has 3 heterocycles. The van der Waals surface area contributed by atoms with Gasteiger partial charge in [-0.25, -0.2) is 4.98 Å². The molecule has 1 amide bonds. The molecule has 5 rings (SSSR count). The molecule has 0 spiro atoms. The van der Waals surface area contributed by atoms with Gasteiger partial charge in [-0.2, -0.15) is 4.98 Å². The fourth-order valence-corrected chi connectivity index (χ4v) is 5.51. The van der Waals surface area contributed by atoms with E-state index in [2.05, 4.69) is 74.6 Å². The standard InChI is InChI=1S/C31H41ClN8O2/c1-21-16-24(40-14-12-38(4)13-15-40)6-7-26(21)34-30-25(32)19-33-31(36-30)35-27-17-22-8-10-39(20-29(41)37(2)3)11-9-23(22)18-28(27)42-5/h6-7,16-19H,8-15,20H2,1-5H3,(H2,33,34,35,36). The van der Waals surface area contributed by atoms with Crippen molar-refractivity contribution in [1.82, 2.24) is 24.7 Å². The Balaban J connectivity index is 1.30. The van der Waals surface area contributed by atoms with Crippen LogP contribution in [0.1, 0.15) is 16.7 Å². The molecule has 1 fully saturated rings. The van der Waals surface area contributed by atoms with E-state index in [9.17, 15) is 4.79 Å². The molecule has 0 aliphatic carbocycles. The maximum atomic E-state index is 12.3. The third-order valence-electron chi connectivity index (χ3n) is 8.10. The molecule has 42 heavy (non-hydrogen) atoms. The van der Waals surface area contributed by atoms with E-state index in [4.69, 9.17) is 21.3 Å². The summed E-state index contributed by atoms with van der Waals surface area (Å²) in [6, 6.07) is 10.6. The number of nitrogens with zero attached hydrogens (tertiary/aromatic N) is 6. The number of piperazine rings is 1. The number of likely N-dealkylation sites (N-methyl/N-ethyl adjacent to an activating group) is 2. The molecule has 10 nitrogen and oxygen atoms in total. The molecule has 2 N–H and O–H groups in total. The lowest BCUT2D eigenvalue weighted by molar-refractivity contribution is -0.129. The lowest BCUT2D eigenvalue weighted by atomic mass is 10.0. The summed E-state index contributed by atoms with van der Waals surface area (Å²) in [5, 5.41) is 7.18. The van der Waals surface area contributed by atoms with E-state index in [1.54, 1.807) is 32.3 Å². The Bertz CT molecular complexity index is 1420. The summed E-state index contributed by atoms with van der Waals surface area (Å²) in [7, 11) is 7.42. The van der Waals surface area contributed by atoms with Gasteiger partial charge < -0.3 is 30.1 Å². The Kier molecular flexibility index (Phi) is 9.35. The van der Waals surface area contributed by atoms with Crippen molar-refractivity contribution < 1.29 is 9.53 Å². The zero-order chi connectivity index (χ0) is 29.8. The maximum absolute atomic E-state index is 12.3. The van der Waals surface area contributed by atoms with E-state index >= 15 is 0 Å². The third kappa shape index (κ3) is 7.06. The second-order valence-corrected chi connectivity index (χ2v) is 11.7. The average Bonchev–Trinajstić information content (AvgIpc) is 3.17. The predicted molar refractivity (Wildman–Crippen MR) is 170 cm³/mol. The average molecular weight is 593 g/mol. The number of nitrogens with one attached hydrogen (secondary N) is 2. The van der Waals surface area contributed by atoms with Crippen LogP contribution in [0.2, 0.25) is 5.02 Å². The molecular weight excluding hydrogens is 552 g/mol. The Hall–Kier alpha value is -3.60. The fourth-order valence-electron chi connectivity index (χ4n) is 5.37. The first-order valence-electron chi connectivity index (χ1n) is 14.4. The minimum absolute atomic E-state index is 0.117. The number of fused-ring (bicyclic) bond motifs is 1. The van der Waals surface area contributed by atoms with Gasteiger partial charge in [0, 0.05) is 64.7 Å². The second kappa shape index (κ2) is 13.1. The van der Waals surface area contributed by atoms with Gasteiger partial charge in [-0.3, -0.25) is 9.69 Å². The normalized spacial score (nSPS) is 16.0. The third-order valence-corrected chi connectivity index (χ3v) is 8.37. The molecule has 0 bridgehead atoms. The number of carbonyl (C=O) groups excluding carboxylic acids is 1. The van der Waals surface area contributed by atoms with Crippen molar-refractivity contribution in [3.63, 3.8) is 0 Å². The van der Waals surface area contributed by atoms with Gasteiger partial charge in [0.2, 0.25) is 11.9 Å². The lowest BCUT2D eigenvalue weighted by Crippen LogP contribution is -2.44. The van der Waals surface area contributed by atoms with Gasteiger partial charge in [-0.05, 0) is 73.8 Å². The Morgan fingerprint density at radius 2 is 1.71 bits per heavy atom. The van der Waals surface area contributed by atoms with Gasteiger partial charge in [0.25, 0.3) is 0 Å². The minimum atomic E-state index is 0.117. The molecule has 0 saturated carbocycles. The van der Waals surface area contributed by atoms with Gasteiger partial charge >= 0.3 is 0 Å². The molecule has 1 aromatic heterocycles. The lowest BCUT2D eigenvalue weighted by Gasteiger charge is -2.34. The van der Waals surface area contributed by atoms with Crippen LogP contribution in [-0.2, 0) is 17.6 Å². The van der Waals surface area contributed by atoms with Gasteiger partial charge in [0.1, 0.15) is 10.8 Å². The molecule has 0 radical (unpaired) electrons. The molecule has 2 aliphatic rings. The monoisotopic (exact) mass is 592 g/mol. The number of benzene rings is 2. The van der Waals surface area contributed by atoms with Gasteiger partial charge in [0.05, 0.1) is 25.5 Å². The van der Waals surface area contributed by atoms with Crippen molar-refractivity contribution in [3.8, 4) is 5.75 Å². The summed E-state index contributed by atoms with van der Waals surface area (Å²) in [6.07, 6.45) is 3.29. The van der Waals surface area contributed by atoms with Crippen LogP contribution in [0, 0.1) is 6.92 Å². The zero-order valence-electron chi connectivity index (χ0n) is 25.2. The molecule has 2 aromatic carbocycles. The van der Waals surface area contributed by atoms with E-state index in [1.165, 1.54) is 16.8 Å². The van der Waals surface area contributed by atoms with E-state index in [0.29, 0.717) is 23.3 Å². The molecule has 0 unspecified atom stereocenters. The summed E-state index contributed by atoms with van der Waals surface area (Å²) >= 11 is 6.52. The van der Waals surface area contributed by atoms with Gasteiger partial charge in [0.15, 0.2) is 5.82 Å². The van der Waals surface area contributed by atoms with Crippen LogP contribution in [0.15, 0.2) is 36.5 Å². The highest BCUT2D eigenvalue weighted by molar-refractivity contribution is 6.32. The van der Waals surface area contributed by atoms with Crippen LogP contribution in [0.25, 0.3) is 0 Å². The number of halogens is 1. The smallest absolute Gasteiger partial charge is 0.236 e. The number of amides is 1. The molecule has 3 aromatic rings. The molecule has 11 heteroatoms. The highest BCUT2D eigenvalue weighted by Gasteiger charge is 2.20. The van der Waals surface area contributed by atoms with E-state index in [-0.39, 0.29) is 5.91 Å². The number of anilines is 5. The molecular formula is C31H41ClN8O2. The number of ether oxygens (including phenoxy) is 1. The molecule has 0 atom stereocenters. The summed E-state index contributed by atoms with van der Waals surface area (Å²) < 4.78 is 5.74. The highest BCUT2D eigenvalue weighted by atomic mass is 35.5. The number of methoxy groups -OCH3 is 1. The van der Waals surface area contributed by atoms with Crippen molar-refractivity contribution in [2.45, 2.75) is 19.8 Å². The summed E-state index contributed by atoms with van der Waals surface area (Å²) in [5.74, 6) is 1.78. The van der Waals surface area contributed by atoms with Crippen LogP contribution < -0.4 is 20.3 Å². The van der Waals surface area contributed by atoms with Crippen LogP contribution in [0.5, 0.6) is 5.75 Å². The highest BCUT2D eigenvalue weighted by Crippen LogP contribution is 2.34. The van der Waals surface area contributed by atoms with E-state index < -0.39 is 0 Å². The Morgan fingerprint density at radius 3 is 2.38 bits per heavy atom. The number of rotatable bonds is 8. The number of aromatic nitrogens is 2. The SMILES string of the molecule is COc1cc2c(cc1Nc1ncc(Cl)c(Nc3ccc(N4CCN(C)CC4)cc3C)n1)CCN(CC(=O)N(C)C)CC2. The van der Waals surface area contributed by atoms with Crippen molar-refractivity contribution in [2.24, 2.45) is 0 Å². The number of carbonyl (C=O) groups is 1.